The van der Waals surface area contributed by atoms with Crippen LogP contribution in [0.25, 0.3) is 0 Å². The molecule has 2 heterocycles. The number of carboxylic acids is 1. The fraction of sp³-hybridized carbons (Fsp3) is 0.400. The molecular formula is C20H27N4O4S+. The van der Waals surface area contributed by atoms with Crippen molar-refractivity contribution in [2.75, 3.05) is 26.7 Å². The number of benzene rings is 1. The van der Waals surface area contributed by atoms with Crippen molar-refractivity contribution in [2.45, 2.75) is 26.4 Å². The van der Waals surface area contributed by atoms with Gasteiger partial charge >= 0.3 is 16.2 Å². The maximum atomic E-state index is 13.5. The minimum Gasteiger partial charge on any atom is -0.478 e. The number of nitrogens with one attached hydrogen (secondary N) is 1. The highest BCUT2D eigenvalue weighted by molar-refractivity contribution is 7.89. The summed E-state index contributed by atoms with van der Waals surface area (Å²) in [5.74, 6) is -1.07. The van der Waals surface area contributed by atoms with Gasteiger partial charge in [-0.15, -0.1) is 0 Å². The van der Waals surface area contributed by atoms with E-state index in [2.05, 4.69) is 14.6 Å². The molecule has 0 amide bonds. The number of pyridine rings is 1. The molecule has 2 aromatic rings. The highest BCUT2D eigenvalue weighted by Crippen LogP contribution is 2.31. The van der Waals surface area contributed by atoms with E-state index in [1.165, 1.54) is 18.3 Å². The molecule has 9 heteroatoms. The average molecular weight is 420 g/mol. The van der Waals surface area contributed by atoms with E-state index in [4.69, 9.17) is 5.11 Å². The summed E-state index contributed by atoms with van der Waals surface area (Å²) in [6.45, 7) is 5.50. The predicted molar refractivity (Wildman–Crippen MR) is 112 cm³/mol. The Labute approximate surface area is 171 Å². The zero-order chi connectivity index (χ0) is 21.2. The highest BCUT2D eigenvalue weighted by Gasteiger charge is 2.48. The normalized spacial score (nSPS) is 23.1. The van der Waals surface area contributed by atoms with Crippen molar-refractivity contribution < 1.29 is 18.3 Å². The molecule has 8 nitrogen and oxygen atoms in total. The van der Waals surface area contributed by atoms with Crippen molar-refractivity contribution in [2.24, 2.45) is 0 Å². The summed E-state index contributed by atoms with van der Waals surface area (Å²) in [6, 6.07) is 10.7. The molecule has 0 saturated carbocycles. The zero-order valence-corrected chi connectivity index (χ0v) is 17.7. The van der Waals surface area contributed by atoms with Gasteiger partial charge in [0.15, 0.2) is 0 Å². The summed E-state index contributed by atoms with van der Waals surface area (Å²) in [7, 11) is -1.79. The molecule has 156 valence electrons. The predicted octanol–water partition coefficient (Wildman–Crippen LogP) is 1.76. The van der Waals surface area contributed by atoms with Gasteiger partial charge in [0.1, 0.15) is 18.8 Å². The van der Waals surface area contributed by atoms with Crippen molar-refractivity contribution in [3.63, 3.8) is 0 Å². The van der Waals surface area contributed by atoms with Crippen LogP contribution < -0.4 is 8.61 Å². The molecule has 29 heavy (non-hydrogen) atoms. The second kappa shape index (κ2) is 8.19. The molecule has 2 N–H and O–H groups in total. The second-order valence-corrected chi connectivity index (χ2v) is 9.54. The van der Waals surface area contributed by atoms with Gasteiger partial charge in [-0.05, 0) is 38.6 Å². The van der Waals surface area contributed by atoms with E-state index in [1.54, 1.807) is 0 Å². The zero-order valence-electron chi connectivity index (χ0n) is 16.9. The fourth-order valence-electron chi connectivity index (χ4n) is 3.61. The van der Waals surface area contributed by atoms with Crippen LogP contribution >= 0.6 is 0 Å². The monoisotopic (exact) mass is 419 g/mol. The van der Waals surface area contributed by atoms with Crippen LogP contribution in [0.15, 0.2) is 42.6 Å². The number of aryl methyl sites for hydroxylation is 1. The molecule has 2 atom stereocenters. The van der Waals surface area contributed by atoms with Crippen molar-refractivity contribution in [3.05, 3.63) is 59.4 Å². The lowest BCUT2D eigenvalue weighted by molar-refractivity contribution is 0.0696. The number of rotatable bonds is 6. The quantitative estimate of drug-likeness (QED) is 0.692. The summed E-state index contributed by atoms with van der Waals surface area (Å²) in [5, 5.41) is 8.98. The molecule has 0 aliphatic carbocycles. The number of hydrogen-bond donors (Lipinski definition) is 2. The lowest BCUT2D eigenvalue weighted by Crippen LogP contribution is -2.68. The van der Waals surface area contributed by atoms with Crippen molar-refractivity contribution >= 4 is 21.9 Å². The van der Waals surface area contributed by atoms with Gasteiger partial charge < -0.3 is 5.11 Å². The van der Waals surface area contributed by atoms with Crippen molar-refractivity contribution in [3.8, 4) is 0 Å². The molecule has 0 radical (unpaired) electrons. The van der Waals surface area contributed by atoms with E-state index in [-0.39, 0.29) is 22.0 Å². The molecule has 1 aromatic heterocycles. The Balaban J connectivity index is 1.91. The van der Waals surface area contributed by atoms with Crippen LogP contribution in [0.3, 0.4) is 0 Å². The SMILES string of the molecule is Cc1cccc([N@@+]2(S(=O)(=O)NCc3ccc(C(=O)O)cn3)CCN(C)C(C)C2)c1. The first-order valence-electron chi connectivity index (χ1n) is 9.47. The molecule has 1 aliphatic rings. The van der Waals surface area contributed by atoms with E-state index in [0.717, 1.165) is 11.3 Å². The third-order valence-electron chi connectivity index (χ3n) is 5.57. The Kier molecular flexibility index (Phi) is 6.04. The van der Waals surface area contributed by atoms with Gasteiger partial charge in [0.05, 0.1) is 23.8 Å². The smallest absolute Gasteiger partial charge is 0.375 e. The highest BCUT2D eigenvalue weighted by atomic mass is 32.2. The molecule has 1 aromatic carbocycles. The van der Waals surface area contributed by atoms with Gasteiger partial charge in [-0.2, -0.15) is 17.0 Å². The maximum absolute atomic E-state index is 13.5. The van der Waals surface area contributed by atoms with Gasteiger partial charge in [-0.3, -0.25) is 9.88 Å². The van der Waals surface area contributed by atoms with Gasteiger partial charge in [0.2, 0.25) is 0 Å². The Hall–Kier alpha value is -2.33. The Morgan fingerprint density at radius 3 is 2.69 bits per heavy atom. The van der Waals surface area contributed by atoms with Crippen LogP contribution in [0, 0.1) is 6.92 Å². The molecule has 1 unspecified atom stereocenters. The molecule has 0 spiro atoms. The number of nitrogens with zero attached hydrogens (tertiary/aromatic N) is 3. The Bertz CT molecular complexity index is 994. The first-order valence-corrected chi connectivity index (χ1v) is 10.9. The lowest BCUT2D eigenvalue weighted by atomic mass is 10.1. The van der Waals surface area contributed by atoms with Gasteiger partial charge in [0, 0.05) is 24.9 Å². The maximum Gasteiger partial charge on any atom is 0.375 e. The number of carbonyl (C=O) groups is 1. The standard InChI is InChI=1S/C20H26N4O4S/c1-15-5-4-6-19(11-15)24(10-9-23(3)16(2)14-24)29(27,28)22-13-18-8-7-17(12-21-18)20(25)26/h4-8,11-12,16,22H,9-10,13-14H2,1-3H3/p+1/t16?,24-/m1/s1. The Morgan fingerprint density at radius 2 is 2.10 bits per heavy atom. The van der Waals surface area contributed by atoms with Crippen LogP contribution in [0.4, 0.5) is 5.69 Å². The number of aromatic nitrogens is 1. The number of aromatic carboxylic acids is 1. The van der Waals surface area contributed by atoms with E-state index >= 15 is 0 Å². The van der Waals surface area contributed by atoms with Gasteiger partial charge in [-0.1, -0.05) is 12.1 Å². The topological polar surface area (TPSA) is 99.6 Å². The molecule has 1 fully saturated rings. The van der Waals surface area contributed by atoms with Crippen LogP contribution in [-0.2, 0) is 16.8 Å². The van der Waals surface area contributed by atoms with Crippen LogP contribution in [0.5, 0.6) is 0 Å². The van der Waals surface area contributed by atoms with E-state index in [9.17, 15) is 13.2 Å². The minimum absolute atomic E-state index is 0.00172. The van der Waals surface area contributed by atoms with Gasteiger partial charge in [-0.25, -0.2) is 4.79 Å². The number of piperazine rings is 1. The first kappa shape index (κ1) is 21.4. The second-order valence-electron chi connectivity index (χ2n) is 7.60. The molecular weight excluding hydrogens is 392 g/mol. The van der Waals surface area contributed by atoms with Crippen LogP contribution in [0.2, 0.25) is 0 Å². The molecule has 1 aliphatic heterocycles. The Morgan fingerprint density at radius 1 is 1.34 bits per heavy atom. The summed E-state index contributed by atoms with van der Waals surface area (Å²) in [5.41, 5.74) is 2.27. The number of likely N-dealkylation sites (N-methyl/N-ethyl adjacent to an activating group) is 1. The molecule has 3 rings (SSSR count). The van der Waals surface area contributed by atoms with Crippen LogP contribution in [0.1, 0.15) is 28.5 Å². The fourth-order valence-corrected chi connectivity index (χ4v) is 5.32. The summed E-state index contributed by atoms with van der Waals surface area (Å²) in [4.78, 5) is 17.2. The average Bonchev–Trinajstić information content (AvgIpc) is 2.69. The minimum atomic E-state index is -3.79. The summed E-state index contributed by atoms with van der Waals surface area (Å²) < 4.78 is 29.6. The van der Waals surface area contributed by atoms with Crippen molar-refractivity contribution in [1.29, 1.82) is 0 Å². The largest absolute Gasteiger partial charge is 0.478 e. The first-order chi connectivity index (χ1) is 13.6. The van der Waals surface area contributed by atoms with Gasteiger partial charge in [0.25, 0.3) is 0 Å². The third kappa shape index (κ3) is 4.32. The number of hydrogen-bond acceptors (Lipinski definition) is 5. The molecule has 0 bridgehead atoms. The van der Waals surface area contributed by atoms with Crippen LogP contribution in [-0.4, -0.2) is 62.1 Å². The molecule has 1 saturated heterocycles. The van der Waals surface area contributed by atoms with E-state index in [0.29, 0.717) is 25.3 Å². The third-order valence-corrected chi connectivity index (χ3v) is 7.54. The number of carboxylic acid groups (broad SMARTS) is 1. The number of quaternary nitrogens is 1. The summed E-state index contributed by atoms with van der Waals surface area (Å²) in [6.07, 6.45) is 1.23. The van der Waals surface area contributed by atoms with E-state index < -0.39 is 16.2 Å². The lowest BCUT2D eigenvalue weighted by Gasteiger charge is -2.44. The summed E-state index contributed by atoms with van der Waals surface area (Å²) >= 11 is 0. The van der Waals surface area contributed by atoms with Crippen molar-refractivity contribution in [1.82, 2.24) is 18.5 Å². The van der Waals surface area contributed by atoms with E-state index in [1.807, 2.05) is 45.2 Å².